The van der Waals surface area contributed by atoms with Crippen LogP contribution in [0, 0.1) is 6.92 Å². The van der Waals surface area contributed by atoms with Gasteiger partial charge in [-0.05, 0) is 43.0 Å². The largest absolute Gasteiger partial charge is 0.385 e. The van der Waals surface area contributed by atoms with Gasteiger partial charge in [-0.3, -0.25) is 4.55 Å². The van der Waals surface area contributed by atoms with Crippen LogP contribution in [0.2, 0.25) is 0 Å². The Kier molecular flexibility index (Phi) is 3.93. The molecule has 0 bridgehead atoms. The highest BCUT2D eigenvalue weighted by Gasteiger charge is 2.26. The molecule has 2 N–H and O–H groups in total. The number of rotatable bonds is 2. The number of benzene rings is 2. The van der Waals surface area contributed by atoms with Gasteiger partial charge in [0, 0.05) is 18.2 Å². The molecule has 5 heteroatoms. The van der Waals surface area contributed by atoms with Crippen molar-refractivity contribution in [2.75, 3.05) is 11.9 Å². The second-order valence-electron chi connectivity index (χ2n) is 5.73. The van der Waals surface area contributed by atoms with E-state index in [-0.39, 0.29) is 10.8 Å². The Morgan fingerprint density at radius 2 is 1.91 bits per heavy atom. The second-order valence-corrected chi connectivity index (χ2v) is 7.12. The summed E-state index contributed by atoms with van der Waals surface area (Å²) in [5.41, 5.74) is 3.78. The zero-order valence-corrected chi connectivity index (χ0v) is 13.2. The Morgan fingerprint density at radius 3 is 2.68 bits per heavy atom. The quantitative estimate of drug-likeness (QED) is 0.831. The number of nitrogens with one attached hydrogen (secondary N) is 1. The van der Waals surface area contributed by atoms with E-state index in [0.717, 1.165) is 36.2 Å². The van der Waals surface area contributed by atoms with E-state index in [0.29, 0.717) is 5.56 Å². The first kappa shape index (κ1) is 15.1. The van der Waals surface area contributed by atoms with Gasteiger partial charge in [-0.15, -0.1) is 0 Å². The minimum atomic E-state index is -4.23. The van der Waals surface area contributed by atoms with Gasteiger partial charge < -0.3 is 5.32 Å². The maximum atomic E-state index is 11.7. The van der Waals surface area contributed by atoms with Gasteiger partial charge in [0.1, 0.15) is 0 Å². The predicted octanol–water partition coefficient (Wildman–Crippen LogP) is 3.58. The lowest BCUT2D eigenvalue weighted by atomic mass is 9.86. The number of fused-ring (bicyclic) bond motifs is 1. The maximum Gasteiger partial charge on any atom is 0.294 e. The smallest absolute Gasteiger partial charge is 0.294 e. The Balaban J connectivity index is 2.21. The first-order valence-electron chi connectivity index (χ1n) is 7.37. The van der Waals surface area contributed by atoms with E-state index in [2.05, 4.69) is 5.32 Å². The van der Waals surface area contributed by atoms with E-state index in [9.17, 15) is 13.0 Å². The summed E-state index contributed by atoms with van der Waals surface area (Å²) < 4.78 is 33.1. The monoisotopic (exact) mass is 317 g/mol. The van der Waals surface area contributed by atoms with Crippen molar-refractivity contribution in [2.45, 2.75) is 30.6 Å². The fraction of sp³-hybridized carbons (Fsp3) is 0.294. The number of aryl methyl sites for hydroxylation is 1. The van der Waals surface area contributed by atoms with Crippen molar-refractivity contribution < 1.29 is 13.0 Å². The van der Waals surface area contributed by atoms with Gasteiger partial charge in [0.15, 0.2) is 0 Å². The number of hydrogen-bond donors (Lipinski definition) is 2. The van der Waals surface area contributed by atoms with Gasteiger partial charge in [0.05, 0.1) is 4.90 Å². The zero-order chi connectivity index (χ0) is 15.7. The van der Waals surface area contributed by atoms with Crippen LogP contribution in [0.25, 0.3) is 0 Å². The van der Waals surface area contributed by atoms with Crippen molar-refractivity contribution >= 4 is 15.8 Å². The number of para-hydroxylation sites is 1. The topological polar surface area (TPSA) is 66.4 Å². The summed E-state index contributed by atoms with van der Waals surface area (Å²) in [4.78, 5) is 0.0137. The first-order chi connectivity index (χ1) is 10.5. The van der Waals surface area contributed by atoms with E-state index in [1.165, 1.54) is 6.07 Å². The molecule has 0 spiro atoms. The first-order valence-corrected chi connectivity index (χ1v) is 8.81. The van der Waals surface area contributed by atoms with Crippen LogP contribution in [0.3, 0.4) is 0 Å². The van der Waals surface area contributed by atoms with E-state index in [1.807, 2.05) is 37.3 Å². The van der Waals surface area contributed by atoms with Crippen molar-refractivity contribution in [1.82, 2.24) is 0 Å². The van der Waals surface area contributed by atoms with Crippen LogP contribution in [0.15, 0.2) is 47.4 Å². The molecule has 1 heterocycles. The average Bonchev–Trinajstić information content (AvgIpc) is 2.68. The van der Waals surface area contributed by atoms with Gasteiger partial charge >= 0.3 is 0 Å². The third-order valence-electron chi connectivity index (χ3n) is 4.14. The molecule has 0 saturated heterocycles. The maximum absolute atomic E-state index is 11.7. The summed E-state index contributed by atoms with van der Waals surface area (Å²) in [5, 5.41) is 3.39. The summed E-state index contributed by atoms with van der Waals surface area (Å²) in [7, 11) is -4.23. The molecular weight excluding hydrogens is 298 g/mol. The molecule has 0 fully saturated rings. The summed E-state index contributed by atoms with van der Waals surface area (Å²) in [5.74, 6) is -0.0389. The molecule has 1 unspecified atom stereocenters. The van der Waals surface area contributed by atoms with E-state index < -0.39 is 10.1 Å². The third kappa shape index (κ3) is 2.87. The minimum Gasteiger partial charge on any atom is -0.385 e. The van der Waals surface area contributed by atoms with Crippen molar-refractivity contribution in [3.8, 4) is 0 Å². The lowest BCUT2D eigenvalue weighted by Crippen LogP contribution is -2.09. The van der Waals surface area contributed by atoms with Crippen molar-refractivity contribution in [3.05, 3.63) is 59.2 Å². The van der Waals surface area contributed by atoms with Crippen LogP contribution in [-0.4, -0.2) is 19.5 Å². The van der Waals surface area contributed by atoms with Crippen LogP contribution < -0.4 is 5.32 Å². The lowest BCUT2D eigenvalue weighted by Gasteiger charge is -2.20. The Bertz CT molecular complexity index is 799. The van der Waals surface area contributed by atoms with E-state index in [4.69, 9.17) is 0 Å². The predicted molar refractivity (Wildman–Crippen MR) is 87.0 cm³/mol. The molecule has 3 rings (SSSR count). The van der Waals surface area contributed by atoms with Gasteiger partial charge in [-0.1, -0.05) is 35.9 Å². The van der Waals surface area contributed by atoms with Crippen molar-refractivity contribution in [3.63, 3.8) is 0 Å². The van der Waals surface area contributed by atoms with Gasteiger partial charge in [-0.25, -0.2) is 0 Å². The molecule has 22 heavy (non-hydrogen) atoms. The molecule has 4 nitrogen and oxygen atoms in total. The Morgan fingerprint density at radius 1 is 1.14 bits per heavy atom. The third-order valence-corrected chi connectivity index (χ3v) is 5.07. The average molecular weight is 317 g/mol. The molecule has 0 aliphatic carbocycles. The molecule has 2 aromatic carbocycles. The second kappa shape index (κ2) is 5.74. The molecule has 2 aromatic rings. The van der Waals surface area contributed by atoms with E-state index in [1.54, 1.807) is 6.07 Å². The highest BCUT2D eigenvalue weighted by molar-refractivity contribution is 7.85. The standard InChI is InChI=1S/C17H19NO3S/c1-12-8-9-17(22(19,20)21)15(11-12)13-6-4-10-18-16-7-3-2-5-14(13)16/h2-3,5,7-9,11,13,18H,4,6,10H2,1H3,(H,19,20,21). The molecule has 0 radical (unpaired) electrons. The lowest BCUT2D eigenvalue weighted by molar-refractivity contribution is 0.481. The van der Waals surface area contributed by atoms with Crippen LogP contribution in [0.4, 0.5) is 5.69 Å². The van der Waals surface area contributed by atoms with Gasteiger partial charge in [0.2, 0.25) is 0 Å². The van der Waals surface area contributed by atoms with Gasteiger partial charge in [0.25, 0.3) is 10.1 Å². The fourth-order valence-corrected chi connectivity index (χ4v) is 3.88. The summed E-state index contributed by atoms with van der Waals surface area (Å²) in [6.07, 6.45) is 1.79. The van der Waals surface area contributed by atoms with Crippen molar-refractivity contribution in [2.24, 2.45) is 0 Å². The Labute approximate surface area is 130 Å². The normalized spacial score (nSPS) is 18.2. The molecule has 1 atom stereocenters. The molecule has 116 valence electrons. The highest BCUT2D eigenvalue weighted by Crippen LogP contribution is 2.39. The molecule has 0 amide bonds. The molecule has 1 aliphatic heterocycles. The molecular formula is C17H19NO3S. The van der Waals surface area contributed by atoms with Crippen LogP contribution in [0.5, 0.6) is 0 Å². The summed E-state index contributed by atoms with van der Waals surface area (Å²) in [6, 6.07) is 13.0. The number of hydrogen-bond acceptors (Lipinski definition) is 3. The molecule has 0 saturated carbocycles. The van der Waals surface area contributed by atoms with Crippen LogP contribution in [-0.2, 0) is 10.1 Å². The molecule has 1 aliphatic rings. The Hall–Kier alpha value is -1.85. The highest BCUT2D eigenvalue weighted by atomic mass is 32.2. The van der Waals surface area contributed by atoms with Gasteiger partial charge in [-0.2, -0.15) is 8.42 Å². The summed E-state index contributed by atoms with van der Waals surface area (Å²) in [6.45, 7) is 2.79. The van der Waals surface area contributed by atoms with Crippen LogP contribution >= 0.6 is 0 Å². The molecule has 0 aromatic heterocycles. The van der Waals surface area contributed by atoms with E-state index >= 15 is 0 Å². The minimum absolute atomic E-state index is 0.0137. The van der Waals surface area contributed by atoms with Crippen molar-refractivity contribution in [1.29, 1.82) is 0 Å². The summed E-state index contributed by atoms with van der Waals surface area (Å²) >= 11 is 0. The number of anilines is 1. The fourth-order valence-electron chi connectivity index (χ4n) is 3.14. The zero-order valence-electron chi connectivity index (χ0n) is 12.4. The SMILES string of the molecule is Cc1ccc(S(=O)(=O)O)c(C2CCCNc3ccccc32)c1. The van der Waals surface area contributed by atoms with Crippen LogP contribution in [0.1, 0.15) is 35.4 Å².